The fraction of sp³-hybridized carbons (Fsp3) is 0.438. The summed E-state index contributed by atoms with van der Waals surface area (Å²) >= 11 is 0. The van der Waals surface area contributed by atoms with Gasteiger partial charge < -0.3 is 8.92 Å². The molecule has 0 radical (unpaired) electrons. The second-order valence-electron chi connectivity index (χ2n) is 5.55. The number of rotatable bonds is 6. The Morgan fingerprint density at radius 1 is 1.23 bits per heavy atom. The van der Waals surface area contributed by atoms with Crippen molar-refractivity contribution >= 4 is 16.1 Å². The number of benzene rings is 1. The van der Waals surface area contributed by atoms with Crippen molar-refractivity contribution in [2.45, 2.75) is 25.4 Å². The van der Waals surface area contributed by atoms with E-state index in [1.807, 2.05) is 30.3 Å². The number of alkyl halides is 3. The second kappa shape index (κ2) is 8.09. The van der Waals surface area contributed by atoms with Crippen molar-refractivity contribution in [3.8, 4) is 0 Å². The van der Waals surface area contributed by atoms with E-state index in [9.17, 15) is 26.4 Å². The zero-order valence-corrected chi connectivity index (χ0v) is 14.8. The van der Waals surface area contributed by atoms with Crippen LogP contribution in [0.5, 0.6) is 0 Å². The largest absolute Gasteiger partial charge is 0.534 e. The first-order valence-corrected chi connectivity index (χ1v) is 9.21. The SMILES string of the molecule is CCOC(=O)C1=C(OS(=O)(=O)C(F)(F)F)CN(Cc2ccccc2)CC1. The molecule has 0 unspecified atom stereocenters. The van der Waals surface area contributed by atoms with Gasteiger partial charge in [0.25, 0.3) is 0 Å². The monoisotopic (exact) mass is 393 g/mol. The van der Waals surface area contributed by atoms with Crippen molar-refractivity contribution in [2.24, 2.45) is 0 Å². The molecule has 0 aromatic heterocycles. The summed E-state index contributed by atoms with van der Waals surface area (Å²) in [4.78, 5) is 13.6. The van der Waals surface area contributed by atoms with Crippen molar-refractivity contribution in [3.05, 3.63) is 47.2 Å². The molecule has 1 aliphatic rings. The highest BCUT2D eigenvalue weighted by Gasteiger charge is 2.49. The van der Waals surface area contributed by atoms with Gasteiger partial charge >= 0.3 is 21.6 Å². The Bertz CT molecular complexity index is 775. The van der Waals surface area contributed by atoms with E-state index in [1.54, 1.807) is 4.90 Å². The molecule has 144 valence electrons. The van der Waals surface area contributed by atoms with E-state index in [2.05, 4.69) is 4.18 Å². The molecule has 1 aromatic carbocycles. The van der Waals surface area contributed by atoms with Crippen LogP contribution < -0.4 is 0 Å². The van der Waals surface area contributed by atoms with E-state index in [0.29, 0.717) is 13.1 Å². The fourth-order valence-electron chi connectivity index (χ4n) is 2.45. The molecular weight excluding hydrogens is 375 g/mol. The summed E-state index contributed by atoms with van der Waals surface area (Å²) in [6, 6.07) is 9.10. The maximum absolute atomic E-state index is 12.6. The fourth-order valence-corrected chi connectivity index (χ4v) is 2.97. The van der Waals surface area contributed by atoms with Crippen LogP contribution in [-0.2, 0) is 30.4 Å². The average molecular weight is 393 g/mol. The third-order valence-corrected chi connectivity index (χ3v) is 4.63. The van der Waals surface area contributed by atoms with Crippen molar-refractivity contribution in [3.63, 3.8) is 0 Å². The number of halogens is 3. The Morgan fingerprint density at radius 2 is 1.88 bits per heavy atom. The number of ether oxygens (including phenoxy) is 1. The summed E-state index contributed by atoms with van der Waals surface area (Å²) in [6.45, 7) is 2.02. The summed E-state index contributed by atoms with van der Waals surface area (Å²) in [5.74, 6) is -1.43. The van der Waals surface area contributed by atoms with Crippen LogP contribution in [0.1, 0.15) is 18.9 Å². The van der Waals surface area contributed by atoms with Crippen LogP contribution in [0.2, 0.25) is 0 Å². The number of hydrogen-bond donors (Lipinski definition) is 0. The Hall–Kier alpha value is -2.07. The van der Waals surface area contributed by atoms with E-state index in [0.717, 1.165) is 5.56 Å². The minimum absolute atomic E-state index is 0.00929. The van der Waals surface area contributed by atoms with Crippen molar-refractivity contribution in [1.82, 2.24) is 4.90 Å². The summed E-state index contributed by atoms with van der Waals surface area (Å²) in [6.07, 6.45) is 0.0222. The van der Waals surface area contributed by atoms with E-state index in [4.69, 9.17) is 4.74 Å². The third kappa shape index (κ3) is 4.98. The highest BCUT2D eigenvalue weighted by atomic mass is 32.2. The standard InChI is InChI=1S/C16H18F3NO5S/c1-2-24-15(21)13-8-9-20(10-12-6-4-3-5-7-12)11-14(13)25-26(22,23)16(17,18)19/h3-7H,2,8-11H2,1H3. The third-order valence-electron chi connectivity index (χ3n) is 3.65. The molecule has 1 heterocycles. The van der Waals surface area contributed by atoms with Crippen LogP contribution in [0.3, 0.4) is 0 Å². The lowest BCUT2D eigenvalue weighted by molar-refractivity contribution is -0.139. The molecule has 2 rings (SSSR count). The molecule has 0 amide bonds. The van der Waals surface area contributed by atoms with Gasteiger partial charge in [-0.3, -0.25) is 4.90 Å². The van der Waals surface area contributed by atoms with Gasteiger partial charge in [0.05, 0.1) is 18.7 Å². The Balaban J connectivity index is 2.26. The summed E-state index contributed by atoms with van der Waals surface area (Å²) in [5.41, 5.74) is -4.88. The lowest BCUT2D eigenvalue weighted by Crippen LogP contribution is -2.36. The van der Waals surface area contributed by atoms with Gasteiger partial charge in [0.15, 0.2) is 0 Å². The van der Waals surface area contributed by atoms with Gasteiger partial charge in [-0.25, -0.2) is 4.79 Å². The Labute approximate surface area is 149 Å². The van der Waals surface area contributed by atoms with Crippen LogP contribution in [0.4, 0.5) is 13.2 Å². The number of nitrogens with zero attached hydrogens (tertiary/aromatic N) is 1. The predicted octanol–water partition coefficient (Wildman–Crippen LogP) is 2.58. The van der Waals surface area contributed by atoms with Crippen LogP contribution in [0.15, 0.2) is 41.7 Å². The molecular formula is C16H18F3NO5S. The summed E-state index contributed by atoms with van der Waals surface area (Å²) in [7, 11) is -5.87. The minimum atomic E-state index is -5.87. The van der Waals surface area contributed by atoms with Gasteiger partial charge in [0.2, 0.25) is 0 Å². The van der Waals surface area contributed by atoms with Crippen molar-refractivity contribution < 1.29 is 35.3 Å². The van der Waals surface area contributed by atoms with Gasteiger partial charge in [0.1, 0.15) is 5.76 Å². The number of esters is 1. The smallest absolute Gasteiger partial charge is 0.463 e. The highest BCUT2D eigenvalue weighted by Crippen LogP contribution is 2.30. The van der Waals surface area contributed by atoms with Gasteiger partial charge in [-0.05, 0) is 18.9 Å². The van der Waals surface area contributed by atoms with E-state index in [1.165, 1.54) is 6.92 Å². The zero-order chi connectivity index (χ0) is 19.4. The molecule has 10 heteroatoms. The van der Waals surface area contributed by atoms with Crippen LogP contribution in [-0.4, -0.2) is 44.5 Å². The zero-order valence-electron chi connectivity index (χ0n) is 14.0. The molecule has 0 N–H and O–H groups in total. The molecule has 0 spiro atoms. The number of carbonyl (C=O) groups excluding carboxylic acids is 1. The van der Waals surface area contributed by atoms with Crippen LogP contribution >= 0.6 is 0 Å². The molecule has 0 saturated heterocycles. The number of hydrogen-bond acceptors (Lipinski definition) is 6. The predicted molar refractivity (Wildman–Crippen MR) is 86.1 cm³/mol. The first-order chi connectivity index (χ1) is 12.1. The average Bonchev–Trinajstić information content (AvgIpc) is 2.55. The number of carbonyl (C=O) groups is 1. The summed E-state index contributed by atoms with van der Waals surface area (Å²) < 4.78 is 69.7. The molecule has 6 nitrogen and oxygen atoms in total. The van der Waals surface area contributed by atoms with Crippen molar-refractivity contribution in [2.75, 3.05) is 19.7 Å². The van der Waals surface area contributed by atoms with Crippen LogP contribution in [0, 0.1) is 0 Å². The van der Waals surface area contributed by atoms with Gasteiger partial charge in [-0.15, -0.1) is 0 Å². The quantitative estimate of drug-likeness (QED) is 0.420. The lowest BCUT2D eigenvalue weighted by Gasteiger charge is -2.29. The van der Waals surface area contributed by atoms with Gasteiger partial charge in [-0.1, -0.05) is 30.3 Å². The summed E-state index contributed by atoms with van der Waals surface area (Å²) in [5, 5.41) is 0. The topological polar surface area (TPSA) is 72.9 Å². The molecule has 26 heavy (non-hydrogen) atoms. The first-order valence-electron chi connectivity index (χ1n) is 7.80. The minimum Gasteiger partial charge on any atom is -0.463 e. The maximum atomic E-state index is 12.6. The van der Waals surface area contributed by atoms with E-state index >= 15 is 0 Å². The Morgan fingerprint density at radius 3 is 2.46 bits per heavy atom. The Kier molecular flexibility index (Phi) is 6.30. The molecule has 0 aliphatic carbocycles. The van der Waals surface area contributed by atoms with E-state index < -0.39 is 27.4 Å². The van der Waals surface area contributed by atoms with Gasteiger partial charge in [-0.2, -0.15) is 21.6 Å². The second-order valence-corrected chi connectivity index (χ2v) is 7.09. The van der Waals surface area contributed by atoms with Crippen molar-refractivity contribution in [1.29, 1.82) is 0 Å². The molecule has 0 bridgehead atoms. The van der Waals surface area contributed by atoms with Gasteiger partial charge in [0, 0.05) is 13.1 Å². The molecule has 1 aromatic rings. The molecule has 1 aliphatic heterocycles. The highest BCUT2D eigenvalue weighted by molar-refractivity contribution is 7.87. The molecule has 0 saturated carbocycles. The van der Waals surface area contributed by atoms with Crippen LogP contribution in [0.25, 0.3) is 0 Å². The normalized spacial score (nSPS) is 16.5. The molecule has 0 atom stereocenters. The maximum Gasteiger partial charge on any atom is 0.534 e. The van der Waals surface area contributed by atoms with E-state index in [-0.39, 0.29) is 25.1 Å². The first kappa shape index (κ1) is 20.2. The lowest BCUT2D eigenvalue weighted by atomic mass is 10.1. The molecule has 0 fully saturated rings.